The van der Waals surface area contributed by atoms with E-state index in [0.29, 0.717) is 5.92 Å². The van der Waals surface area contributed by atoms with Crippen molar-refractivity contribution in [2.45, 2.75) is 27.3 Å². The molecule has 1 heterocycles. The zero-order valence-corrected chi connectivity index (χ0v) is 10.9. The summed E-state index contributed by atoms with van der Waals surface area (Å²) in [6.07, 6.45) is 1.76. The summed E-state index contributed by atoms with van der Waals surface area (Å²) in [6, 6.07) is 2.06. The fourth-order valence-electron chi connectivity index (χ4n) is 1.92. The van der Waals surface area contributed by atoms with Gasteiger partial charge < -0.3 is 14.6 Å². The minimum absolute atomic E-state index is 0.678. The van der Waals surface area contributed by atoms with Crippen LogP contribution in [-0.2, 0) is 6.54 Å². The van der Waals surface area contributed by atoms with Gasteiger partial charge in [-0.15, -0.1) is 0 Å². The highest BCUT2D eigenvalue weighted by molar-refractivity contribution is 5.14. The quantitative estimate of drug-likeness (QED) is 0.770. The van der Waals surface area contributed by atoms with Crippen molar-refractivity contribution in [3.63, 3.8) is 0 Å². The first-order chi connectivity index (χ1) is 7.63. The van der Waals surface area contributed by atoms with Crippen molar-refractivity contribution >= 4 is 0 Å². The summed E-state index contributed by atoms with van der Waals surface area (Å²) in [5.74, 6) is 1.71. The standard InChI is InChI=1S/C13H24N2O/c1-5-14-8-11(2)9-15(4)10-13-6-7-16-12(13)3/h6-7,11,14H,5,8-10H2,1-4H3. The Morgan fingerprint density at radius 1 is 1.50 bits per heavy atom. The average Bonchev–Trinajstić information content (AvgIpc) is 2.61. The summed E-state index contributed by atoms with van der Waals surface area (Å²) < 4.78 is 5.30. The van der Waals surface area contributed by atoms with Gasteiger partial charge in [-0.25, -0.2) is 0 Å². The van der Waals surface area contributed by atoms with E-state index in [-0.39, 0.29) is 0 Å². The van der Waals surface area contributed by atoms with Crippen LogP contribution in [-0.4, -0.2) is 31.6 Å². The molecule has 0 aliphatic rings. The topological polar surface area (TPSA) is 28.4 Å². The van der Waals surface area contributed by atoms with Gasteiger partial charge in [-0.2, -0.15) is 0 Å². The zero-order valence-electron chi connectivity index (χ0n) is 10.9. The van der Waals surface area contributed by atoms with E-state index in [9.17, 15) is 0 Å². The van der Waals surface area contributed by atoms with Gasteiger partial charge in [0.15, 0.2) is 0 Å². The maximum atomic E-state index is 5.30. The third kappa shape index (κ3) is 4.37. The first-order valence-corrected chi connectivity index (χ1v) is 6.05. The number of nitrogens with one attached hydrogen (secondary N) is 1. The van der Waals surface area contributed by atoms with Crippen molar-refractivity contribution in [1.29, 1.82) is 0 Å². The third-order valence-corrected chi connectivity index (χ3v) is 2.77. The van der Waals surface area contributed by atoms with Crippen molar-refractivity contribution in [2.75, 3.05) is 26.7 Å². The summed E-state index contributed by atoms with van der Waals surface area (Å²) in [5.41, 5.74) is 1.29. The summed E-state index contributed by atoms with van der Waals surface area (Å²) in [4.78, 5) is 2.35. The number of hydrogen-bond donors (Lipinski definition) is 1. The van der Waals surface area contributed by atoms with Crippen molar-refractivity contribution in [3.05, 3.63) is 23.7 Å². The molecule has 0 aliphatic heterocycles. The van der Waals surface area contributed by atoms with Crippen LogP contribution in [0.5, 0.6) is 0 Å². The van der Waals surface area contributed by atoms with Gasteiger partial charge in [0.05, 0.1) is 6.26 Å². The zero-order chi connectivity index (χ0) is 12.0. The predicted molar refractivity (Wildman–Crippen MR) is 67.5 cm³/mol. The molecule has 92 valence electrons. The molecule has 1 unspecified atom stereocenters. The number of nitrogens with zero attached hydrogens (tertiary/aromatic N) is 1. The van der Waals surface area contributed by atoms with Gasteiger partial charge in [0.1, 0.15) is 5.76 Å². The molecule has 0 spiro atoms. The van der Waals surface area contributed by atoms with Gasteiger partial charge in [0.25, 0.3) is 0 Å². The highest BCUT2D eigenvalue weighted by atomic mass is 16.3. The van der Waals surface area contributed by atoms with Gasteiger partial charge in [0, 0.05) is 18.7 Å². The monoisotopic (exact) mass is 224 g/mol. The Bertz CT molecular complexity index is 296. The van der Waals surface area contributed by atoms with Crippen molar-refractivity contribution < 1.29 is 4.42 Å². The van der Waals surface area contributed by atoms with Gasteiger partial charge in [-0.3, -0.25) is 0 Å². The first-order valence-electron chi connectivity index (χ1n) is 6.05. The predicted octanol–water partition coefficient (Wildman–Crippen LogP) is 2.27. The minimum Gasteiger partial charge on any atom is -0.469 e. The molecule has 0 saturated carbocycles. The minimum atomic E-state index is 0.678. The second-order valence-electron chi connectivity index (χ2n) is 4.61. The van der Waals surface area contributed by atoms with Gasteiger partial charge >= 0.3 is 0 Å². The average molecular weight is 224 g/mol. The molecule has 1 rings (SSSR count). The number of hydrogen-bond acceptors (Lipinski definition) is 3. The van der Waals surface area contributed by atoms with Gasteiger partial charge in [0.2, 0.25) is 0 Å². The van der Waals surface area contributed by atoms with Crippen LogP contribution in [0.3, 0.4) is 0 Å². The molecule has 0 saturated heterocycles. The van der Waals surface area contributed by atoms with E-state index in [0.717, 1.165) is 31.9 Å². The van der Waals surface area contributed by atoms with E-state index < -0.39 is 0 Å². The molecule has 0 radical (unpaired) electrons. The lowest BCUT2D eigenvalue weighted by Gasteiger charge is -2.21. The lowest BCUT2D eigenvalue weighted by Crippen LogP contribution is -2.30. The van der Waals surface area contributed by atoms with Crippen molar-refractivity contribution in [1.82, 2.24) is 10.2 Å². The second kappa shape index (κ2) is 6.71. The van der Waals surface area contributed by atoms with Crippen LogP contribution >= 0.6 is 0 Å². The van der Waals surface area contributed by atoms with Crippen LogP contribution in [0.2, 0.25) is 0 Å². The Hall–Kier alpha value is -0.800. The van der Waals surface area contributed by atoms with Crippen LogP contribution in [0, 0.1) is 12.8 Å². The Morgan fingerprint density at radius 2 is 2.25 bits per heavy atom. The van der Waals surface area contributed by atoms with Gasteiger partial charge in [-0.05, 0) is 39.0 Å². The highest BCUT2D eigenvalue weighted by Crippen LogP contribution is 2.11. The number of aryl methyl sites for hydroxylation is 1. The molecule has 1 aromatic rings. The molecule has 1 atom stereocenters. The van der Waals surface area contributed by atoms with Crippen molar-refractivity contribution in [2.24, 2.45) is 5.92 Å². The molecular formula is C13H24N2O. The van der Waals surface area contributed by atoms with Crippen LogP contribution < -0.4 is 5.32 Å². The molecule has 0 bridgehead atoms. The number of furan rings is 1. The molecule has 0 fully saturated rings. The fraction of sp³-hybridized carbons (Fsp3) is 0.692. The molecular weight excluding hydrogens is 200 g/mol. The van der Waals surface area contributed by atoms with Gasteiger partial charge in [-0.1, -0.05) is 13.8 Å². The molecule has 0 aromatic carbocycles. The summed E-state index contributed by atoms with van der Waals surface area (Å²) in [7, 11) is 2.16. The van der Waals surface area contributed by atoms with Crippen LogP contribution in [0.15, 0.2) is 16.7 Å². The van der Waals surface area contributed by atoms with Crippen LogP contribution in [0.4, 0.5) is 0 Å². The largest absolute Gasteiger partial charge is 0.469 e. The Balaban J connectivity index is 2.30. The molecule has 0 aliphatic carbocycles. The third-order valence-electron chi connectivity index (χ3n) is 2.77. The Morgan fingerprint density at radius 3 is 2.81 bits per heavy atom. The molecule has 3 heteroatoms. The van der Waals surface area contributed by atoms with E-state index >= 15 is 0 Å². The number of rotatable bonds is 7. The maximum absolute atomic E-state index is 5.30. The van der Waals surface area contributed by atoms with E-state index in [1.807, 2.05) is 6.92 Å². The highest BCUT2D eigenvalue weighted by Gasteiger charge is 2.08. The van der Waals surface area contributed by atoms with E-state index in [4.69, 9.17) is 4.42 Å². The Labute approximate surface area is 98.8 Å². The lowest BCUT2D eigenvalue weighted by molar-refractivity contribution is 0.273. The normalized spacial score (nSPS) is 13.3. The van der Waals surface area contributed by atoms with E-state index in [1.54, 1.807) is 6.26 Å². The van der Waals surface area contributed by atoms with Crippen molar-refractivity contribution in [3.8, 4) is 0 Å². The molecule has 1 aromatic heterocycles. The van der Waals surface area contributed by atoms with Crippen LogP contribution in [0.25, 0.3) is 0 Å². The summed E-state index contributed by atoms with van der Waals surface area (Å²) >= 11 is 0. The Kier molecular flexibility index (Phi) is 5.56. The van der Waals surface area contributed by atoms with E-state index in [1.165, 1.54) is 5.56 Å². The lowest BCUT2D eigenvalue weighted by atomic mass is 10.1. The molecule has 0 amide bonds. The fourth-order valence-corrected chi connectivity index (χ4v) is 1.92. The molecule has 3 nitrogen and oxygen atoms in total. The van der Waals surface area contributed by atoms with Crippen LogP contribution in [0.1, 0.15) is 25.2 Å². The second-order valence-corrected chi connectivity index (χ2v) is 4.61. The summed E-state index contributed by atoms with van der Waals surface area (Å²) in [6.45, 7) is 10.7. The summed E-state index contributed by atoms with van der Waals surface area (Å²) in [5, 5.41) is 3.38. The molecule has 1 N–H and O–H groups in total. The first kappa shape index (κ1) is 13.3. The SMILES string of the molecule is CCNCC(C)CN(C)Cc1ccoc1C. The smallest absolute Gasteiger partial charge is 0.105 e. The molecule has 16 heavy (non-hydrogen) atoms. The van der Waals surface area contributed by atoms with E-state index in [2.05, 4.69) is 37.2 Å². The maximum Gasteiger partial charge on any atom is 0.105 e.